The molecule has 4 unspecified atom stereocenters. The summed E-state index contributed by atoms with van der Waals surface area (Å²) in [4.78, 5) is 12.7. The minimum atomic E-state index is -0.563. The maximum absolute atomic E-state index is 12.7. The van der Waals surface area contributed by atoms with Gasteiger partial charge in [0.05, 0.1) is 23.4 Å². The van der Waals surface area contributed by atoms with Gasteiger partial charge in [0.15, 0.2) is 0 Å². The highest BCUT2D eigenvalue weighted by Gasteiger charge is 2.70. The number of ether oxygens (including phenoxy) is 2. The van der Waals surface area contributed by atoms with Crippen LogP contribution in [0.5, 0.6) is 5.75 Å². The van der Waals surface area contributed by atoms with Gasteiger partial charge in [0.25, 0.3) is 0 Å². The van der Waals surface area contributed by atoms with Crippen LogP contribution in [0.4, 0.5) is 0 Å². The Hall–Kier alpha value is -2.17. The lowest BCUT2D eigenvalue weighted by molar-refractivity contribution is -0.137. The monoisotopic (exact) mass is 486 g/mol. The molecule has 1 aliphatic heterocycles. The molecule has 190 valence electrons. The number of benzene rings is 2. The summed E-state index contributed by atoms with van der Waals surface area (Å²) in [6.07, 6.45) is 9.44. The minimum Gasteiger partial charge on any atom is -0.423 e. The van der Waals surface area contributed by atoms with Crippen LogP contribution in [0.15, 0.2) is 48.5 Å². The average Bonchev–Trinajstić information content (AvgIpc) is 3.58. The Morgan fingerprint density at radius 2 is 1.97 bits per heavy atom. The van der Waals surface area contributed by atoms with Crippen molar-refractivity contribution in [3.05, 3.63) is 65.2 Å². The first-order valence-corrected chi connectivity index (χ1v) is 14.2. The van der Waals surface area contributed by atoms with Gasteiger partial charge in [0, 0.05) is 6.42 Å². The molecular weight excluding hydrogens is 448 g/mol. The van der Waals surface area contributed by atoms with E-state index in [1.807, 2.05) is 24.3 Å². The molecule has 2 aromatic carbocycles. The van der Waals surface area contributed by atoms with Crippen molar-refractivity contribution in [3.63, 3.8) is 0 Å². The zero-order chi connectivity index (χ0) is 24.7. The van der Waals surface area contributed by atoms with Crippen molar-refractivity contribution in [2.75, 3.05) is 0 Å². The van der Waals surface area contributed by atoms with Crippen LogP contribution in [0.25, 0.3) is 0 Å². The van der Waals surface area contributed by atoms with E-state index in [4.69, 9.17) is 9.47 Å². The number of epoxide rings is 1. The van der Waals surface area contributed by atoms with Gasteiger partial charge in [-0.1, -0.05) is 51.0 Å². The summed E-state index contributed by atoms with van der Waals surface area (Å²) in [6.45, 7) is 4.72. The standard InChI is InChI=1S/C32H38O4/c1-3-7-20-14-21-15-23(35-30(33)19-8-5-4-6-9-19)10-11-24(21)25-12-13-31(2)26(29(20)25)16-22-17-27-28(36-27)18-32(22,31)34/h4-6,8-11,15,20,22,25-29,34H,3,7,12-14,16-18H2,1-2H3/t20?,22-,25?,26?,27-,28+,29?,31-,32-/m0/s1. The lowest BCUT2D eigenvalue weighted by atomic mass is 9.49. The van der Waals surface area contributed by atoms with Crippen molar-refractivity contribution < 1.29 is 19.4 Å². The van der Waals surface area contributed by atoms with E-state index in [1.54, 1.807) is 12.1 Å². The molecule has 4 nitrogen and oxygen atoms in total. The van der Waals surface area contributed by atoms with Gasteiger partial charge in [-0.3, -0.25) is 0 Å². The first kappa shape index (κ1) is 23.0. The molecule has 0 amide bonds. The summed E-state index contributed by atoms with van der Waals surface area (Å²) in [7, 11) is 0. The predicted molar refractivity (Wildman–Crippen MR) is 138 cm³/mol. The van der Waals surface area contributed by atoms with E-state index in [0.29, 0.717) is 53.1 Å². The number of carbonyl (C=O) groups is 1. The Morgan fingerprint density at radius 3 is 2.78 bits per heavy atom. The first-order valence-electron chi connectivity index (χ1n) is 14.2. The quantitative estimate of drug-likeness (QED) is 0.313. The highest BCUT2D eigenvalue weighted by molar-refractivity contribution is 5.91. The molecule has 0 spiro atoms. The maximum atomic E-state index is 12.7. The number of esters is 1. The summed E-state index contributed by atoms with van der Waals surface area (Å²) in [5, 5.41) is 12.2. The average molecular weight is 487 g/mol. The van der Waals surface area contributed by atoms with Crippen molar-refractivity contribution in [2.24, 2.45) is 29.1 Å². The van der Waals surface area contributed by atoms with E-state index in [0.717, 1.165) is 38.5 Å². The van der Waals surface area contributed by atoms with E-state index in [-0.39, 0.29) is 11.4 Å². The number of fused-ring (bicyclic) bond motifs is 8. The number of carbonyl (C=O) groups excluding carboxylic acids is 1. The molecule has 4 heteroatoms. The van der Waals surface area contributed by atoms with E-state index in [2.05, 4.69) is 26.0 Å². The van der Waals surface area contributed by atoms with Crippen molar-refractivity contribution in [2.45, 2.75) is 88.9 Å². The van der Waals surface area contributed by atoms with Gasteiger partial charge in [-0.2, -0.15) is 0 Å². The molecule has 1 heterocycles. The molecule has 36 heavy (non-hydrogen) atoms. The second kappa shape index (κ2) is 8.16. The fraction of sp³-hybridized carbons (Fsp3) is 0.594. The largest absolute Gasteiger partial charge is 0.423 e. The lowest BCUT2D eigenvalue weighted by Crippen LogP contribution is -2.55. The smallest absolute Gasteiger partial charge is 0.343 e. The number of hydrogen-bond acceptors (Lipinski definition) is 4. The van der Waals surface area contributed by atoms with Crippen LogP contribution in [0.2, 0.25) is 0 Å². The molecule has 0 aromatic heterocycles. The van der Waals surface area contributed by atoms with Crippen molar-refractivity contribution in [3.8, 4) is 5.75 Å². The highest BCUT2D eigenvalue weighted by Crippen LogP contribution is 2.71. The first-order chi connectivity index (χ1) is 17.4. The number of rotatable bonds is 4. The zero-order valence-electron chi connectivity index (χ0n) is 21.5. The molecule has 2 aromatic rings. The van der Waals surface area contributed by atoms with E-state index < -0.39 is 5.60 Å². The molecule has 5 aliphatic rings. The van der Waals surface area contributed by atoms with Gasteiger partial charge >= 0.3 is 5.97 Å². The van der Waals surface area contributed by atoms with Crippen LogP contribution in [0, 0.1) is 29.1 Å². The Balaban J connectivity index is 1.19. The van der Waals surface area contributed by atoms with E-state index >= 15 is 0 Å². The summed E-state index contributed by atoms with van der Waals surface area (Å²) in [5.74, 6) is 3.09. The van der Waals surface area contributed by atoms with Crippen molar-refractivity contribution >= 4 is 5.97 Å². The van der Waals surface area contributed by atoms with Gasteiger partial charge in [-0.25, -0.2) is 4.79 Å². The van der Waals surface area contributed by atoms with Crippen molar-refractivity contribution in [1.29, 1.82) is 0 Å². The SMILES string of the molecule is CCCC1Cc2cc(OC(=O)c3ccccc3)ccc2C2CC[C@@]3(C)C(C[C@H]4C[C@@H]5O[C@@H]5C[C@]43O)C12. The Morgan fingerprint density at radius 1 is 1.14 bits per heavy atom. The topological polar surface area (TPSA) is 59.1 Å². The van der Waals surface area contributed by atoms with Crippen LogP contribution < -0.4 is 4.74 Å². The Bertz CT molecular complexity index is 1180. The van der Waals surface area contributed by atoms with Gasteiger partial charge in [-0.15, -0.1) is 0 Å². The normalized spacial score (nSPS) is 41.8. The lowest BCUT2D eigenvalue weighted by Gasteiger charge is -2.56. The predicted octanol–water partition coefficient (Wildman–Crippen LogP) is 6.31. The molecule has 4 aliphatic carbocycles. The molecule has 0 radical (unpaired) electrons. The molecule has 0 bridgehead atoms. The summed E-state index contributed by atoms with van der Waals surface area (Å²) in [6, 6.07) is 15.6. The third kappa shape index (κ3) is 3.29. The second-order valence-corrected chi connectivity index (χ2v) is 12.6. The van der Waals surface area contributed by atoms with Crippen LogP contribution in [-0.4, -0.2) is 28.9 Å². The highest BCUT2D eigenvalue weighted by atomic mass is 16.6. The van der Waals surface area contributed by atoms with Gasteiger partial charge in [0.1, 0.15) is 5.75 Å². The van der Waals surface area contributed by atoms with E-state index in [1.165, 1.54) is 24.0 Å². The van der Waals surface area contributed by atoms with Crippen LogP contribution in [0.3, 0.4) is 0 Å². The minimum absolute atomic E-state index is 0.00952. The van der Waals surface area contributed by atoms with Crippen LogP contribution in [0.1, 0.15) is 86.2 Å². The fourth-order valence-electron chi connectivity index (χ4n) is 9.33. The van der Waals surface area contributed by atoms with Crippen LogP contribution >= 0.6 is 0 Å². The summed E-state index contributed by atoms with van der Waals surface area (Å²) < 4.78 is 11.7. The third-order valence-electron chi connectivity index (χ3n) is 11.1. The Labute approximate surface area is 214 Å². The van der Waals surface area contributed by atoms with Crippen molar-refractivity contribution in [1.82, 2.24) is 0 Å². The van der Waals surface area contributed by atoms with Gasteiger partial charge in [0.2, 0.25) is 0 Å². The molecule has 3 saturated carbocycles. The number of aliphatic hydroxyl groups is 1. The number of hydrogen-bond donors (Lipinski definition) is 1. The summed E-state index contributed by atoms with van der Waals surface area (Å²) >= 11 is 0. The maximum Gasteiger partial charge on any atom is 0.343 e. The molecule has 9 atom stereocenters. The second-order valence-electron chi connectivity index (χ2n) is 12.6. The molecule has 1 saturated heterocycles. The van der Waals surface area contributed by atoms with Gasteiger partial charge in [-0.05, 0) is 103 Å². The fourth-order valence-corrected chi connectivity index (χ4v) is 9.33. The molecule has 4 fully saturated rings. The summed E-state index contributed by atoms with van der Waals surface area (Å²) in [5.41, 5.74) is 2.83. The molecule has 1 N–H and O–H groups in total. The Kier molecular flexibility index (Phi) is 5.21. The van der Waals surface area contributed by atoms with E-state index in [9.17, 15) is 9.90 Å². The zero-order valence-corrected chi connectivity index (χ0v) is 21.5. The van der Waals surface area contributed by atoms with Crippen LogP contribution in [-0.2, 0) is 11.2 Å². The molecule has 7 rings (SSSR count). The van der Waals surface area contributed by atoms with Gasteiger partial charge < -0.3 is 14.6 Å². The third-order valence-corrected chi connectivity index (χ3v) is 11.1. The molecular formula is C32H38O4.